The van der Waals surface area contributed by atoms with Crippen molar-refractivity contribution in [2.75, 3.05) is 20.6 Å². The van der Waals surface area contributed by atoms with Crippen LogP contribution in [0.4, 0.5) is 4.39 Å². The van der Waals surface area contributed by atoms with Crippen molar-refractivity contribution < 1.29 is 9.18 Å². The Morgan fingerprint density at radius 2 is 1.96 bits per heavy atom. The number of benzene rings is 1. The maximum atomic E-state index is 13.4. The molecule has 1 aliphatic carbocycles. The zero-order chi connectivity index (χ0) is 18.2. The Bertz CT molecular complexity index is 616. The molecule has 0 aromatic heterocycles. The largest absolute Gasteiger partial charge is 0.354 e. The van der Waals surface area contributed by atoms with E-state index in [2.05, 4.69) is 15.6 Å². The number of carbonyl (C=O) groups excluding carboxylic acids is 1. The van der Waals surface area contributed by atoms with Gasteiger partial charge in [0, 0.05) is 20.1 Å². The number of nitrogens with zero attached hydrogens (tertiary/aromatic N) is 2. The summed E-state index contributed by atoms with van der Waals surface area (Å²) in [5.41, 5.74) is 1.56. The standard InChI is InChI=1S/C19H29FN4O.HI/c1-14-11-15(9-10-17(14)20)12-21-19(22-13-18(25)24(2)3)23-16-7-5-4-6-8-16;/h9-11,16H,4-8,12-13H2,1-3H3,(H2,21,22,23);1H. The first kappa shape index (κ1) is 22.7. The maximum absolute atomic E-state index is 13.4. The molecule has 7 heteroatoms. The Hall–Kier alpha value is -1.38. The van der Waals surface area contributed by atoms with Crippen molar-refractivity contribution in [2.24, 2.45) is 4.99 Å². The van der Waals surface area contributed by atoms with Gasteiger partial charge in [0.25, 0.3) is 0 Å². The molecule has 146 valence electrons. The van der Waals surface area contributed by atoms with Crippen LogP contribution in [0.5, 0.6) is 0 Å². The van der Waals surface area contributed by atoms with Crippen molar-refractivity contribution in [2.45, 2.75) is 51.6 Å². The minimum atomic E-state index is -0.206. The van der Waals surface area contributed by atoms with E-state index in [4.69, 9.17) is 0 Å². The minimum Gasteiger partial charge on any atom is -0.354 e. The van der Waals surface area contributed by atoms with Crippen LogP contribution in [0.25, 0.3) is 0 Å². The van der Waals surface area contributed by atoms with E-state index in [1.165, 1.54) is 25.3 Å². The molecule has 2 N–H and O–H groups in total. The monoisotopic (exact) mass is 476 g/mol. The molecule has 1 aliphatic rings. The molecule has 0 heterocycles. The molecule has 1 aromatic rings. The second-order valence-electron chi connectivity index (χ2n) is 6.87. The molecule has 0 radical (unpaired) electrons. The molecule has 1 amide bonds. The normalized spacial score (nSPS) is 15.2. The number of rotatable bonds is 5. The summed E-state index contributed by atoms with van der Waals surface area (Å²) in [6, 6.07) is 5.42. The molecule has 1 saturated carbocycles. The van der Waals surface area contributed by atoms with Crippen LogP contribution in [0.15, 0.2) is 23.2 Å². The van der Waals surface area contributed by atoms with Gasteiger partial charge in [0.15, 0.2) is 5.96 Å². The average Bonchev–Trinajstić information content (AvgIpc) is 2.60. The zero-order valence-electron chi connectivity index (χ0n) is 15.8. The highest BCUT2D eigenvalue weighted by Gasteiger charge is 2.15. The third kappa shape index (κ3) is 7.47. The van der Waals surface area contributed by atoms with Gasteiger partial charge in [-0.05, 0) is 37.0 Å². The van der Waals surface area contributed by atoms with Crippen LogP contribution in [-0.4, -0.2) is 43.4 Å². The molecule has 2 rings (SSSR count). The van der Waals surface area contributed by atoms with Crippen molar-refractivity contribution in [3.8, 4) is 0 Å². The molecular formula is C19H30FIN4O. The van der Waals surface area contributed by atoms with Crippen LogP contribution < -0.4 is 10.6 Å². The van der Waals surface area contributed by atoms with Crippen LogP contribution in [0.1, 0.15) is 43.2 Å². The van der Waals surface area contributed by atoms with Crippen LogP contribution in [0.3, 0.4) is 0 Å². The van der Waals surface area contributed by atoms with Gasteiger partial charge in [-0.15, -0.1) is 24.0 Å². The fourth-order valence-electron chi connectivity index (χ4n) is 2.89. The molecule has 0 saturated heterocycles. The summed E-state index contributed by atoms with van der Waals surface area (Å²) in [6.07, 6.45) is 5.97. The summed E-state index contributed by atoms with van der Waals surface area (Å²) in [6.45, 7) is 2.39. The second kappa shape index (κ2) is 11.4. The Balaban J connectivity index is 0.00000338. The molecule has 26 heavy (non-hydrogen) atoms. The van der Waals surface area contributed by atoms with Gasteiger partial charge in [-0.1, -0.05) is 31.4 Å². The van der Waals surface area contributed by atoms with Crippen molar-refractivity contribution in [3.63, 3.8) is 0 Å². The van der Waals surface area contributed by atoms with Crippen molar-refractivity contribution in [1.29, 1.82) is 0 Å². The van der Waals surface area contributed by atoms with E-state index in [1.807, 2.05) is 6.07 Å². The molecule has 5 nitrogen and oxygen atoms in total. The van der Waals surface area contributed by atoms with Gasteiger partial charge in [-0.2, -0.15) is 0 Å². The Kier molecular flexibility index (Phi) is 9.90. The summed E-state index contributed by atoms with van der Waals surface area (Å²) >= 11 is 0. The summed E-state index contributed by atoms with van der Waals surface area (Å²) in [5, 5.41) is 6.56. The van der Waals surface area contributed by atoms with E-state index in [9.17, 15) is 9.18 Å². The van der Waals surface area contributed by atoms with Crippen LogP contribution in [0.2, 0.25) is 0 Å². The number of guanidine groups is 1. The molecule has 0 spiro atoms. The van der Waals surface area contributed by atoms with E-state index in [-0.39, 0.29) is 42.2 Å². The number of amides is 1. The fourth-order valence-corrected chi connectivity index (χ4v) is 2.89. The number of carbonyl (C=O) groups is 1. The van der Waals surface area contributed by atoms with Crippen LogP contribution in [-0.2, 0) is 11.3 Å². The number of hydrogen-bond donors (Lipinski definition) is 2. The topological polar surface area (TPSA) is 56.7 Å². The number of aliphatic imine (C=N–C) groups is 1. The lowest BCUT2D eigenvalue weighted by atomic mass is 9.96. The summed E-state index contributed by atoms with van der Waals surface area (Å²) < 4.78 is 13.4. The van der Waals surface area contributed by atoms with E-state index in [0.29, 0.717) is 24.1 Å². The fraction of sp³-hybridized carbons (Fsp3) is 0.579. The van der Waals surface area contributed by atoms with Crippen molar-refractivity contribution in [3.05, 3.63) is 35.1 Å². The highest BCUT2D eigenvalue weighted by Crippen LogP contribution is 2.17. The van der Waals surface area contributed by atoms with E-state index in [1.54, 1.807) is 32.0 Å². The molecule has 1 aromatic carbocycles. The van der Waals surface area contributed by atoms with Gasteiger partial charge in [0.2, 0.25) is 5.91 Å². The van der Waals surface area contributed by atoms with Gasteiger partial charge in [0.1, 0.15) is 5.82 Å². The quantitative estimate of drug-likeness (QED) is 0.390. The summed E-state index contributed by atoms with van der Waals surface area (Å²) in [5.74, 6) is 0.433. The first-order chi connectivity index (χ1) is 12.0. The predicted octanol–water partition coefficient (Wildman–Crippen LogP) is 3.21. The number of nitrogens with one attached hydrogen (secondary N) is 2. The Morgan fingerprint density at radius 1 is 1.27 bits per heavy atom. The third-order valence-electron chi connectivity index (χ3n) is 4.49. The summed E-state index contributed by atoms with van der Waals surface area (Å²) in [7, 11) is 3.47. The minimum absolute atomic E-state index is 0. The van der Waals surface area contributed by atoms with E-state index in [0.717, 1.165) is 18.4 Å². The number of aryl methyl sites for hydroxylation is 1. The highest BCUT2D eigenvalue weighted by atomic mass is 127. The molecule has 1 fully saturated rings. The van der Waals surface area contributed by atoms with Gasteiger partial charge >= 0.3 is 0 Å². The molecular weight excluding hydrogens is 446 g/mol. The smallest absolute Gasteiger partial charge is 0.241 e. The number of likely N-dealkylation sites (N-methyl/N-ethyl adjacent to an activating group) is 1. The van der Waals surface area contributed by atoms with Crippen molar-refractivity contribution >= 4 is 35.8 Å². The number of halogens is 2. The molecule has 0 unspecified atom stereocenters. The molecule has 0 atom stereocenters. The lowest BCUT2D eigenvalue weighted by molar-refractivity contribution is -0.127. The van der Waals surface area contributed by atoms with Gasteiger partial charge < -0.3 is 15.5 Å². The predicted molar refractivity (Wildman–Crippen MR) is 114 cm³/mol. The first-order valence-corrected chi connectivity index (χ1v) is 8.95. The zero-order valence-corrected chi connectivity index (χ0v) is 18.2. The van der Waals surface area contributed by atoms with Crippen LogP contribution >= 0.6 is 24.0 Å². The first-order valence-electron chi connectivity index (χ1n) is 8.95. The summed E-state index contributed by atoms with van der Waals surface area (Å²) in [4.78, 5) is 18.0. The van der Waals surface area contributed by atoms with E-state index >= 15 is 0 Å². The number of hydrogen-bond acceptors (Lipinski definition) is 2. The third-order valence-corrected chi connectivity index (χ3v) is 4.49. The SMILES string of the molecule is Cc1cc(CN=C(NCC(=O)N(C)C)NC2CCCCC2)ccc1F.I. The maximum Gasteiger partial charge on any atom is 0.241 e. The van der Waals surface area contributed by atoms with Gasteiger partial charge in [0.05, 0.1) is 13.1 Å². The van der Waals surface area contributed by atoms with Crippen molar-refractivity contribution in [1.82, 2.24) is 15.5 Å². The molecule has 0 bridgehead atoms. The van der Waals surface area contributed by atoms with Crippen LogP contribution in [0, 0.1) is 12.7 Å². The van der Waals surface area contributed by atoms with Gasteiger partial charge in [-0.3, -0.25) is 4.79 Å². The van der Waals surface area contributed by atoms with E-state index < -0.39 is 0 Å². The molecule has 0 aliphatic heterocycles. The highest BCUT2D eigenvalue weighted by molar-refractivity contribution is 14.0. The second-order valence-corrected chi connectivity index (χ2v) is 6.87. The Labute approximate surface area is 172 Å². The lowest BCUT2D eigenvalue weighted by Crippen LogP contribution is -2.47. The lowest BCUT2D eigenvalue weighted by Gasteiger charge is -2.25. The average molecular weight is 476 g/mol. The van der Waals surface area contributed by atoms with Gasteiger partial charge in [-0.25, -0.2) is 9.38 Å². The Morgan fingerprint density at radius 3 is 2.58 bits per heavy atom.